The molecule has 0 radical (unpaired) electrons. The summed E-state index contributed by atoms with van der Waals surface area (Å²) in [7, 11) is 0. The molecule has 1 aliphatic rings. The Kier molecular flexibility index (Phi) is 2.77. The number of benzene rings is 2. The predicted molar refractivity (Wildman–Crippen MR) is 83.0 cm³/mol. The van der Waals surface area contributed by atoms with E-state index in [1.165, 1.54) is 6.20 Å². The second-order valence-corrected chi connectivity index (χ2v) is 5.16. The third-order valence-corrected chi connectivity index (χ3v) is 3.91. The van der Waals surface area contributed by atoms with Gasteiger partial charge in [-0.1, -0.05) is 24.3 Å². The number of carbonyl (C=O) groups is 2. The molecule has 0 bridgehead atoms. The van der Waals surface area contributed by atoms with E-state index in [-0.39, 0.29) is 22.8 Å². The van der Waals surface area contributed by atoms with Gasteiger partial charge in [0.15, 0.2) is 11.6 Å². The van der Waals surface area contributed by atoms with E-state index >= 15 is 0 Å². The van der Waals surface area contributed by atoms with Crippen LogP contribution in [-0.2, 0) is 0 Å². The second-order valence-electron chi connectivity index (χ2n) is 5.16. The minimum absolute atomic E-state index is 0.200. The van der Waals surface area contributed by atoms with Crippen molar-refractivity contribution in [2.24, 2.45) is 0 Å². The molecule has 0 saturated heterocycles. The van der Waals surface area contributed by atoms with E-state index in [0.717, 1.165) is 0 Å². The Labute approximate surface area is 131 Å². The van der Waals surface area contributed by atoms with Gasteiger partial charge in [0.2, 0.25) is 0 Å². The number of hydrogen-bond acceptors (Lipinski definition) is 6. The predicted octanol–water partition coefficient (Wildman–Crippen LogP) is 1.90. The lowest BCUT2D eigenvalue weighted by Gasteiger charge is -2.20. The summed E-state index contributed by atoms with van der Waals surface area (Å²) < 4.78 is 0. The van der Waals surface area contributed by atoms with Gasteiger partial charge in [0, 0.05) is 22.3 Å². The summed E-state index contributed by atoms with van der Waals surface area (Å²) in [5.41, 5.74) is 8.79. The zero-order valence-electron chi connectivity index (χ0n) is 11.9. The summed E-state index contributed by atoms with van der Waals surface area (Å²) in [6.45, 7) is 0. The molecule has 0 spiro atoms. The molecule has 6 nitrogen and oxygen atoms in total. The maximum absolute atomic E-state index is 12.8. The Morgan fingerprint density at radius 1 is 0.783 bits per heavy atom. The van der Waals surface area contributed by atoms with Gasteiger partial charge in [-0.05, 0) is 23.4 Å². The fourth-order valence-electron chi connectivity index (χ4n) is 2.82. The van der Waals surface area contributed by atoms with Crippen molar-refractivity contribution in [3.63, 3.8) is 0 Å². The van der Waals surface area contributed by atoms with Crippen molar-refractivity contribution in [1.82, 2.24) is 15.4 Å². The monoisotopic (exact) mass is 302 g/mol. The number of aromatic nitrogens is 3. The molecule has 1 heterocycles. The van der Waals surface area contributed by atoms with Gasteiger partial charge < -0.3 is 5.73 Å². The molecule has 2 N–H and O–H groups in total. The van der Waals surface area contributed by atoms with Crippen LogP contribution < -0.4 is 5.73 Å². The van der Waals surface area contributed by atoms with Crippen LogP contribution in [0.5, 0.6) is 0 Å². The Bertz CT molecular complexity index is 968. The standard InChI is InChI=1S/C17H10N4O2/c18-15-11(13-7-8-19-21-20-13)5-6-12-14(15)17(23)10-4-2-1-3-9(10)16(12)22/h1-8H,18H2. The van der Waals surface area contributed by atoms with Gasteiger partial charge in [-0.3, -0.25) is 9.59 Å². The maximum Gasteiger partial charge on any atom is 0.196 e. The summed E-state index contributed by atoms with van der Waals surface area (Å²) in [4.78, 5) is 25.4. The van der Waals surface area contributed by atoms with Crippen LogP contribution in [0, 0.1) is 0 Å². The van der Waals surface area contributed by atoms with Crippen LogP contribution in [0.2, 0.25) is 0 Å². The molecule has 1 aromatic heterocycles. The molecule has 0 fully saturated rings. The molecule has 0 saturated carbocycles. The average Bonchev–Trinajstić information content (AvgIpc) is 2.60. The summed E-state index contributed by atoms with van der Waals surface area (Å²) in [5, 5.41) is 11.1. The van der Waals surface area contributed by atoms with Crippen molar-refractivity contribution in [2.45, 2.75) is 0 Å². The Hall–Kier alpha value is -3.41. The van der Waals surface area contributed by atoms with E-state index in [1.54, 1.807) is 42.5 Å². The molecule has 110 valence electrons. The van der Waals surface area contributed by atoms with E-state index in [0.29, 0.717) is 27.9 Å². The van der Waals surface area contributed by atoms with Crippen molar-refractivity contribution in [2.75, 3.05) is 5.73 Å². The fraction of sp³-hybridized carbons (Fsp3) is 0. The van der Waals surface area contributed by atoms with Crippen LogP contribution in [0.3, 0.4) is 0 Å². The van der Waals surface area contributed by atoms with E-state index in [1.807, 2.05) is 0 Å². The number of ketones is 2. The van der Waals surface area contributed by atoms with Crippen LogP contribution in [0.25, 0.3) is 11.3 Å². The molecular weight excluding hydrogens is 292 g/mol. The van der Waals surface area contributed by atoms with Crippen molar-refractivity contribution >= 4 is 17.3 Å². The summed E-state index contributed by atoms with van der Waals surface area (Å²) in [5.74, 6) is -0.453. The lowest BCUT2D eigenvalue weighted by molar-refractivity contribution is 0.0980. The third-order valence-electron chi connectivity index (χ3n) is 3.91. The number of carbonyl (C=O) groups excluding carboxylic acids is 2. The van der Waals surface area contributed by atoms with Crippen LogP contribution in [0.1, 0.15) is 31.8 Å². The number of nitrogens with two attached hydrogens (primary N) is 1. The summed E-state index contributed by atoms with van der Waals surface area (Å²) in [6.07, 6.45) is 1.49. The van der Waals surface area contributed by atoms with Gasteiger partial charge in [-0.25, -0.2) is 0 Å². The number of nitrogen functional groups attached to an aromatic ring is 1. The highest BCUT2D eigenvalue weighted by Gasteiger charge is 2.32. The largest absolute Gasteiger partial charge is 0.398 e. The Morgan fingerprint density at radius 2 is 1.48 bits per heavy atom. The zero-order valence-corrected chi connectivity index (χ0v) is 11.9. The number of rotatable bonds is 1. The number of nitrogens with zero attached hydrogens (tertiary/aromatic N) is 3. The highest BCUT2D eigenvalue weighted by atomic mass is 16.1. The molecule has 0 unspecified atom stereocenters. The lowest BCUT2D eigenvalue weighted by Crippen LogP contribution is -2.22. The van der Waals surface area contributed by atoms with Crippen molar-refractivity contribution in [1.29, 1.82) is 0 Å². The van der Waals surface area contributed by atoms with Crippen LogP contribution in [0.15, 0.2) is 48.7 Å². The highest BCUT2D eigenvalue weighted by molar-refractivity contribution is 6.30. The summed E-state index contributed by atoms with van der Waals surface area (Å²) in [6, 6.07) is 11.7. The van der Waals surface area contributed by atoms with Crippen LogP contribution in [-0.4, -0.2) is 27.0 Å². The van der Waals surface area contributed by atoms with Crippen molar-refractivity contribution < 1.29 is 9.59 Å². The average molecular weight is 302 g/mol. The number of hydrogen-bond donors (Lipinski definition) is 1. The topological polar surface area (TPSA) is 98.8 Å². The Morgan fingerprint density at radius 3 is 2.17 bits per heavy atom. The first-order valence-corrected chi connectivity index (χ1v) is 6.94. The van der Waals surface area contributed by atoms with Crippen LogP contribution >= 0.6 is 0 Å². The van der Waals surface area contributed by atoms with Crippen LogP contribution in [0.4, 0.5) is 5.69 Å². The second kappa shape index (κ2) is 4.81. The normalized spacial score (nSPS) is 12.7. The zero-order chi connectivity index (χ0) is 16.0. The molecule has 0 aliphatic heterocycles. The third kappa shape index (κ3) is 1.85. The van der Waals surface area contributed by atoms with Gasteiger partial charge in [0.1, 0.15) is 0 Å². The van der Waals surface area contributed by atoms with Gasteiger partial charge in [0.05, 0.1) is 23.1 Å². The van der Waals surface area contributed by atoms with Gasteiger partial charge >= 0.3 is 0 Å². The first kappa shape index (κ1) is 13.3. The first-order valence-electron chi connectivity index (χ1n) is 6.94. The van der Waals surface area contributed by atoms with Gasteiger partial charge in [0.25, 0.3) is 0 Å². The minimum Gasteiger partial charge on any atom is -0.398 e. The number of fused-ring (bicyclic) bond motifs is 2. The molecular formula is C17H10N4O2. The highest BCUT2D eigenvalue weighted by Crippen LogP contribution is 2.35. The Balaban J connectivity index is 1.98. The van der Waals surface area contributed by atoms with E-state index < -0.39 is 0 Å². The van der Waals surface area contributed by atoms with Crippen molar-refractivity contribution in [3.8, 4) is 11.3 Å². The quantitative estimate of drug-likeness (QED) is 0.539. The maximum atomic E-state index is 12.8. The van der Waals surface area contributed by atoms with E-state index in [4.69, 9.17) is 5.73 Å². The molecule has 3 aromatic rings. The molecule has 1 aliphatic carbocycles. The minimum atomic E-state index is -0.253. The molecule has 0 amide bonds. The fourth-order valence-corrected chi connectivity index (χ4v) is 2.82. The number of anilines is 1. The molecule has 4 rings (SSSR count). The molecule has 2 aromatic carbocycles. The van der Waals surface area contributed by atoms with E-state index in [9.17, 15) is 9.59 Å². The molecule has 23 heavy (non-hydrogen) atoms. The van der Waals surface area contributed by atoms with Crippen molar-refractivity contribution in [3.05, 3.63) is 70.9 Å². The smallest absolute Gasteiger partial charge is 0.196 e. The molecule has 0 atom stereocenters. The molecule has 6 heteroatoms. The first-order chi connectivity index (χ1) is 11.2. The SMILES string of the molecule is Nc1c(-c2ccnnn2)ccc2c1C(=O)c1ccccc1C2=O. The van der Waals surface area contributed by atoms with Gasteiger partial charge in [-0.15, -0.1) is 10.2 Å². The summed E-state index contributed by atoms with van der Waals surface area (Å²) >= 11 is 0. The van der Waals surface area contributed by atoms with E-state index in [2.05, 4.69) is 15.4 Å². The van der Waals surface area contributed by atoms with Gasteiger partial charge in [-0.2, -0.15) is 0 Å². The lowest BCUT2D eigenvalue weighted by atomic mass is 9.82.